The van der Waals surface area contributed by atoms with Crippen molar-refractivity contribution in [2.24, 2.45) is 10.2 Å². The Bertz CT molecular complexity index is 1520. The summed E-state index contributed by atoms with van der Waals surface area (Å²) in [6.45, 7) is 2.91. The van der Waals surface area contributed by atoms with Crippen molar-refractivity contribution < 1.29 is 18.7 Å². The molecule has 4 aromatic rings. The van der Waals surface area contributed by atoms with Crippen molar-refractivity contribution in [1.29, 1.82) is 0 Å². The van der Waals surface area contributed by atoms with Gasteiger partial charge in [0.1, 0.15) is 22.5 Å². The normalized spacial score (nSPS) is 16.0. The molecular weight excluding hydrogens is 536 g/mol. The number of amides is 2. The van der Waals surface area contributed by atoms with E-state index in [1.54, 1.807) is 29.2 Å². The van der Waals surface area contributed by atoms with Crippen LogP contribution in [0.4, 0.5) is 5.69 Å². The summed E-state index contributed by atoms with van der Waals surface area (Å²) in [7, 11) is 0. The summed E-state index contributed by atoms with van der Waals surface area (Å²) >= 11 is 1.25. The van der Waals surface area contributed by atoms with E-state index in [4.69, 9.17) is 9.15 Å². The maximum Gasteiger partial charge on any atom is 0.242 e. The van der Waals surface area contributed by atoms with Crippen LogP contribution in [-0.4, -0.2) is 46.5 Å². The third-order valence-corrected chi connectivity index (χ3v) is 7.49. The SMILES string of the molecule is CCOc1ccc(NC(=O)CC2S/C(=N\N=C\c3ccc(-c4ccccc4)o3)N(CCc3ccccc3)C2=O)cc1. The smallest absolute Gasteiger partial charge is 0.242 e. The molecule has 0 radical (unpaired) electrons. The van der Waals surface area contributed by atoms with Crippen LogP contribution in [-0.2, 0) is 16.0 Å². The van der Waals surface area contributed by atoms with E-state index >= 15 is 0 Å². The number of carbonyl (C=O) groups excluding carboxylic acids is 2. The number of thioether (sulfide) groups is 1. The quantitative estimate of drug-likeness (QED) is 0.171. The molecule has 1 atom stereocenters. The van der Waals surface area contributed by atoms with Crippen molar-refractivity contribution in [2.45, 2.75) is 25.0 Å². The van der Waals surface area contributed by atoms with Gasteiger partial charge in [-0.1, -0.05) is 72.4 Å². The Morgan fingerprint density at radius 2 is 1.73 bits per heavy atom. The van der Waals surface area contributed by atoms with Gasteiger partial charge in [0.15, 0.2) is 5.17 Å². The third kappa shape index (κ3) is 7.52. The van der Waals surface area contributed by atoms with Gasteiger partial charge in [-0.05, 0) is 55.3 Å². The molecule has 2 amide bonds. The lowest BCUT2D eigenvalue weighted by Gasteiger charge is -2.15. The highest BCUT2D eigenvalue weighted by Gasteiger charge is 2.39. The van der Waals surface area contributed by atoms with Crippen molar-refractivity contribution in [3.05, 3.63) is 108 Å². The zero-order valence-corrected chi connectivity index (χ0v) is 23.4. The lowest BCUT2D eigenvalue weighted by Crippen LogP contribution is -2.35. The standard InChI is InChI=1S/C32H30N4O4S/c1-2-39-26-15-13-25(14-16-26)34-30(37)21-29-31(38)36(20-19-23-9-5-3-6-10-23)32(41-29)35-33-22-27-17-18-28(40-27)24-11-7-4-8-12-24/h3-18,22,29H,2,19-21H2,1H3,(H,34,37)/b33-22+,35-32-. The number of rotatable bonds is 11. The number of carbonyl (C=O) groups is 2. The molecule has 1 N–H and O–H groups in total. The van der Waals surface area contributed by atoms with Crippen LogP contribution in [0.2, 0.25) is 0 Å². The predicted molar refractivity (Wildman–Crippen MR) is 163 cm³/mol. The molecule has 0 aliphatic carbocycles. The van der Waals surface area contributed by atoms with E-state index in [1.807, 2.05) is 79.7 Å². The number of ether oxygens (including phenoxy) is 1. The van der Waals surface area contributed by atoms with E-state index in [9.17, 15) is 9.59 Å². The summed E-state index contributed by atoms with van der Waals surface area (Å²) in [5.41, 5.74) is 2.71. The average Bonchev–Trinajstić information content (AvgIpc) is 3.58. The Hall–Kier alpha value is -4.63. The van der Waals surface area contributed by atoms with Gasteiger partial charge in [-0.25, -0.2) is 0 Å². The van der Waals surface area contributed by atoms with Crippen molar-refractivity contribution in [3.63, 3.8) is 0 Å². The maximum atomic E-state index is 13.4. The van der Waals surface area contributed by atoms with Crippen LogP contribution in [0, 0.1) is 0 Å². The molecule has 1 aliphatic rings. The van der Waals surface area contributed by atoms with Crippen molar-refractivity contribution >= 4 is 40.6 Å². The summed E-state index contributed by atoms with van der Waals surface area (Å²) < 4.78 is 11.3. The lowest BCUT2D eigenvalue weighted by molar-refractivity contribution is -0.128. The van der Waals surface area contributed by atoms with Crippen LogP contribution in [0.5, 0.6) is 5.75 Å². The summed E-state index contributed by atoms with van der Waals surface area (Å²) in [5.74, 6) is 1.59. The van der Waals surface area contributed by atoms with Gasteiger partial charge in [0, 0.05) is 24.2 Å². The number of benzene rings is 3. The van der Waals surface area contributed by atoms with E-state index < -0.39 is 5.25 Å². The zero-order valence-electron chi connectivity index (χ0n) is 22.6. The van der Waals surface area contributed by atoms with Crippen molar-refractivity contribution in [2.75, 3.05) is 18.5 Å². The highest BCUT2D eigenvalue weighted by molar-refractivity contribution is 8.15. The van der Waals surface area contributed by atoms with Gasteiger partial charge < -0.3 is 14.5 Å². The van der Waals surface area contributed by atoms with Crippen LogP contribution >= 0.6 is 11.8 Å². The maximum absolute atomic E-state index is 13.4. The molecule has 0 spiro atoms. The molecule has 1 saturated heterocycles. The minimum atomic E-state index is -0.601. The Kier molecular flexibility index (Phi) is 9.28. The Balaban J connectivity index is 1.27. The molecule has 41 heavy (non-hydrogen) atoms. The first-order valence-corrected chi connectivity index (χ1v) is 14.3. The highest BCUT2D eigenvalue weighted by Crippen LogP contribution is 2.30. The van der Waals surface area contributed by atoms with E-state index in [0.717, 1.165) is 22.6 Å². The number of nitrogens with one attached hydrogen (secondary N) is 1. The van der Waals surface area contributed by atoms with Crippen LogP contribution in [0.3, 0.4) is 0 Å². The summed E-state index contributed by atoms with van der Waals surface area (Å²) in [6.07, 6.45) is 2.19. The van der Waals surface area contributed by atoms with Gasteiger partial charge in [0.05, 0.1) is 12.8 Å². The van der Waals surface area contributed by atoms with Crippen LogP contribution in [0.1, 0.15) is 24.7 Å². The van der Waals surface area contributed by atoms with E-state index in [-0.39, 0.29) is 18.2 Å². The summed E-state index contributed by atoms with van der Waals surface area (Å²) in [4.78, 5) is 27.8. The van der Waals surface area contributed by atoms with Crippen molar-refractivity contribution in [3.8, 4) is 17.1 Å². The van der Waals surface area contributed by atoms with Gasteiger partial charge in [0.25, 0.3) is 0 Å². The van der Waals surface area contributed by atoms with Gasteiger partial charge in [-0.3, -0.25) is 14.5 Å². The monoisotopic (exact) mass is 566 g/mol. The minimum Gasteiger partial charge on any atom is -0.494 e. The Morgan fingerprint density at radius 1 is 1.00 bits per heavy atom. The van der Waals surface area contributed by atoms with E-state index in [0.29, 0.717) is 36.2 Å². The summed E-state index contributed by atoms with van der Waals surface area (Å²) in [5, 5.41) is 11.3. The number of anilines is 1. The van der Waals surface area contributed by atoms with Crippen LogP contribution in [0.25, 0.3) is 11.3 Å². The Labute approximate surface area is 243 Å². The molecule has 0 saturated carbocycles. The molecular formula is C32H30N4O4S. The van der Waals surface area contributed by atoms with Gasteiger partial charge in [-0.2, -0.15) is 5.10 Å². The zero-order chi connectivity index (χ0) is 28.4. The predicted octanol–water partition coefficient (Wildman–Crippen LogP) is 6.25. The molecule has 1 aliphatic heterocycles. The van der Waals surface area contributed by atoms with E-state index in [2.05, 4.69) is 15.5 Å². The molecule has 2 heterocycles. The molecule has 0 bridgehead atoms. The fourth-order valence-electron chi connectivity index (χ4n) is 4.30. The van der Waals surface area contributed by atoms with E-state index in [1.165, 1.54) is 18.0 Å². The molecule has 9 heteroatoms. The topological polar surface area (TPSA) is 96.5 Å². The number of hydrogen-bond donors (Lipinski definition) is 1. The fourth-order valence-corrected chi connectivity index (χ4v) is 5.42. The molecule has 3 aromatic carbocycles. The number of amidine groups is 1. The molecule has 8 nitrogen and oxygen atoms in total. The van der Waals surface area contributed by atoms with Crippen molar-refractivity contribution in [1.82, 2.24) is 4.90 Å². The molecule has 1 aromatic heterocycles. The first-order chi connectivity index (χ1) is 20.1. The first kappa shape index (κ1) is 27.9. The minimum absolute atomic E-state index is 0.0138. The second kappa shape index (κ2) is 13.6. The fraction of sp³-hybridized carbons (Fsp3) is 0.188. The molecule has 1 fully saturated rings. The lowest BCUT2D eigenvalue weighted by atomic mass is 10.1. The van der Waals surface area contributed by atoms with Crippen LogP contribution < -0.4 is 10.1 Å². The number of furan rings is 1. The second-order valence-corrected chi connectivity index (χ2v) is 10.4. The van der Waals surface area contributed by atoms with Gasteiger partial charge >= 0.3 is 0 Å². The third-order valence-electron chi connectivity index (χ3n) is 6.32. The Morgan fingerprint density at radius 3 is 2.46 bits per heavy atom. The molecule has 1 unspecified atom stereocenters. The number of nitrogens with zero attached hydrogens (tertiary/aromatic N) is 3. The van der Waals surface area contributed by atoms with Crippen LogP contribution in [0.15, 0.2) is 112 Å². The first-order valence-electron chi connectivity index (χ1n) is 13.4. The number of hydrogen-bond acceptors (Lipinski definition) is 7. The summed E-state index contributed by atoms with van der Waals surface area (Å²) in [6, 6.07) is 30.6. The molecule has 208 valence electrons. The second-order valence-electron chi connectivity index (χ2n) is 9.24. The highest BCUT2D eigenvalue weighted by atomic mass is 32.2. The van der Waals surface area contributed by atoms with Gasteiger partial charge in [-0.15, -0.1) is 5.10 Å². The average molecular weight is 567 g/mol. The molecule has 5 rings (SSSR count). The van der Waals surface area contributed by atoms with Gasteiger partial charge in [0.2, 0.25) is 11.8 Å². The largest absolute Gasteiger partial charge is 0.494 e.